The molecule has 0 heterocycles. The third-order valence-corrected chi connectivity index (χ3v) is 2.67. The second-order valence-corrected chi connectivity index (χ2v) is 4.39. The van der Waals surface area contributed by atoms with Gasteiger partial charge in [0.15, 0.2) is 0 Å². The van der Waals surface area contributed by atoms with E-state index in [-0.39, 0.29) is 5.91 Å². The molecule has 0 radical (unpaired) electrons. The van der Waals surface area contributed by atoms with Gasteiger partial charge in [-0.2, -0.15) is 0 Å². The maximum atomic E-state index is 11.7. The van der Waals surface area contributed by atoms with Gasteiger partial charge in [-0.05, 0) is 31.0 Å². The number of carbonyl (C=O) groups excluding carboxylic acids is 1. The summed E-state index contributed by atoms with van der Waals surface area (Å²) < 4.78 is 0.868. The van der Waals surface area contributed by atoms with Crippen molar-refractivity contribution in [2.24, 2.45) is 0 Å². The summed E-state index contributed by atoms with van der Waals surface area (Å²) in [6.45, 7) is 0. The van der Waals surface area contributed by atoms with Gasteiger partial charge in [0.1, 0.15) is 0 Å². The maximum Gasteiger partial charge on any atom is 0.253 e. The summed E-state index contributed by atoms with van der Waals surface area (Å²) in [6.07, 6.45) is 2.17. The number of nitrogens with one attached hydrogen (secondary N) is 1. The van der Waals surface area contributed by atoms with Gasteiger partial charge in [0.2, 0.25) is 0 Å². The van der Waals surface area contributed by atoms with Gasteiger partial charge in [0.25, 0.3) is 5.91 Å². The van der Waals surface area contributed by atoms with Crippen LogP contribution in [0.5, 0.6) is 0 Å². The van der Waals surface area contributed by atoms with Gasteiger partial charge in [-0.25, -0.2) is 0 Å². The highest BCUT2D eigenvalue weighted by Crippen LogP contribution is 2.22. The van der Waals surface area contributed by atoms with Crippen LogP contribution in [0.15, 0.2) is 22.7 Å². The van der Waals surface area contributed by atoms with Crippen LogP contribution in [0.2, 0.25) is 0 Å². The lowest BCUT2D eigenvalue weighted by Gasteiger charge is -2.06. The van der Waals surface area contributed by atoms with Crippen LogP contribution in [0.4, 0.5) is 5.69 Å². The molecule has 0 unspecified atom stereocenters. The number of halogens is 1. The van der Waals surface area contributed by atoms with Crippen molar-refractivity contribution >= 4 is 27.5 Å². The second kappa shape index (κ2) is 3.61. The average molecular weight is 255 g/mol. The van der Waals surface area contributed by atoms with Gasteiger partial charge in [-0.1, -0.05) is 15.9 Å². The Morgan fingerprint density at radius 2 is 2.21 bits per heavy atom. The molecule has 1 aliphatic carbocycles. The lowest BCUT2D eigenvalue weighted by atomic mass is 10.1. The van der Waals surface area contributed by atoms with E-state index in [0.29, 0.717) is 17.3 Å². The standard InChI is InChI=1S/C10H11BrN2O/c11-6-1-4-9(12)8(5-6)10(14)13-7-2-3-7/h1,4-5,7H,2-3,12H2,(H,13,14). The van der Waals surface area contributed by atoms with Crippen LogP contribution in [-0.2, 0) is 0 Å². The first-order valence-corrected chi connectivity index (χ1v) is 5.32. The van der Waals surface area contributed by atoms with Gasteiger partial charge in [0, 0.05) is 16.2 Å². The Morgan fingerprint density at radius 1 is 1.50 bits per heavy atom. The molecule has 3 N–H and O–H groups in total. The smallest absolute Gasteiger partial charge is 0.253 e. The topological polar surface area (TPSA) is 55.1 Å². The van der Waals surface area contributed by atoms with Crippen molar-refractivity contribution in [1.82, 2.24) is 5.32 Å². The van der Waals surface area contributed by atoms with E-state index in [0.717, 1.165) is 17.3 Å². The summed E-state index contributed by atoms with van der Waals surface area (Å²) in [7, 11) is 0. The fourth-order valence-electron chi connectivity index (χ4n) is 1.22. The van der Waals surface area contributed by atoms with Crippen LogP contribution < -0.4 is 11.1 Å². The third kappa shape index (κ3) is 2.07. The molecule has 1 aromatic carbocycles. The van der Waals surface area contributed by atoms with Gasteiger partial charge in [0.05, 0.1) is 5.56 Å². The molecule has 2 rings (SSSR count). The van der Waals surface area contributed by atoms with E-state index in [1.807, 2.05) is 6.07 Å². The molecule has 4 heteroatoms. The number of hydrogen-bond acceptors (Lipinski definition) is 2. The average Bonchev–Trinajstić information content (AvgIpc) is 2.93. The van der Waals surface area contributed by atoms with Crippen molar-refractivity contribution in [3.8, 4) is 0 Å². The number of benzene rings is 1. The van der Waals surface area contributed by atoms with Crippen LogP contribution in [0.25, 0.3) is 0 Å². The summed E-state index contributed by atoms with van der Waals surface area (Å²) in [4.78, 5) is 11.7. The zero-order valence-corrected chi connectivity index (χ0v) is 9.17. The largest absolute Gasteiger partial charge is 0.398 e. The predicted octanol–water partition coefficient (Wildman–Crippen LogP) is 1.92. The quantitative estimate of drug-likeness (QED) is 0.793. The zero-order valence-electron chi connectivity index (χ0n) is 7.59. The second-order valence-electron chi connectivity index (χ2n) is 3.48. The molecule has 0 bridgehead atoms. The Labute approximate surface area is 90.8 Å². The van der Waals surface area contributed by atoms with Crippen LogP contribution >= 0.6 is 15.9 Å². The van der Waals surface area contributed by atoms with E-state index in [2.05, 4.69) is 21.2 Å². The van der Waals surface area contributed by atoms with Crippen molar-refractivity contribution in [3.63, 3.8) is 0 Å². The van der Waals surface area contributed by atoms with Crippen molar-refractivity contribution in [1.29, 1.82) is 0 Å². The number of carbonyl (C=O) groups is 1. The number of rotatable bonds is 2. The molecular weight excluding hydrogens is 244 g/mol. The first-order valence-electron chi connectivity index (χ1n) is 4.52. The number of nitrogens with two attached hydrogens (primary N) is 1. The van der Waals surface area contributed by atoms with E-state index >= 15 is 0 Å². The highest BCUT2D eigenvalue weighted by Gasteiger charge is 2.24. The Hall–Kier alpha value is -1.03. The van der Waals surface area contributed by atoms with Gasteiger partial charge >= 0.3 is 0 Å². The summed E-state index contributed by atoms with van der Waals surface area (Å²) in [5.41, 5.74) is 6.77. The first kappa shape index (κ1) is 9.52. The SMILES string of the molecule is Nc1ccc(Br)cc1C(=O)NC1CC1. The molecule has 0 aromatic heterocycles. The fourth-order valence-corrected chi connectivity index (χ4v) is 1.58. The molecule has 1 aromatic rings. The number of hydrogen-bond donors (Lipinski definition) is 2. The number of amides is 1. The van der Waals surface area contributed by atoms with Gasteiger partial charge in [-0.15, -0.1) is 0 Å². The molecule has 0 atom stereocenters. The monoisotopic (exact) mass is 254 g/mol. The minimum absolute atomic E-state index is 0.0775. The molecular formula is C10H11BrN2O. The van der Waals surface area contributed by atoms with E-state index in [4.69, 9.17) is 5.73 Å². The third-order valence-electron chi connectivity index (χ3n) is 2.17. The molecule has 74 valence electrons. The van der Waals surface area contributed by atoms with Crippen molar-refractivity contribution in [2.45, 2.75) is 18.9 Å². The summed E-state index contributed by atoms with van der Waals surface area (Å²) in [6, 6.07) is 5.66. The molecule has 1 fully saturated rings. The summed E-state index contributed by atoms with van der Waals surface area (Å²) in [5.74, 6) is -0.0775. The Morgan fingerprint density at radius 3 is 2.86 bits per heavy atom. The molecule has 3 nitrogen and oxygen atoms in total. The van der Waals surface area contributed by atoms with E-state index in [1.54, 1.807) is 12.1 Å². The molecule has 1 saturated carbocycles. The number of nitrogen functional groups attached to an aromatic ring is 1. The fraction of sp³-hybridized carbons (Fsp3) is 0.300. The molecule has 0 saturated heterocycles. The lowest BCUT2D eigenvalue weighted by Crippen LogP contribution is -2.26. The molecule has 0 aliphatic heterocycles. The van der Waals surface area contributed by atoms with Gasteiger partial charge in [-0.3, -0.25) is 4.79 Å². The predicted molar refractivity (Wildman–Crippen MR) is 59.0 cm³/mol. The van der Waals surface area contributed by atoms with Gasteiger partial charge < -0.3 is 11.1 Å². The minimum atomic E-state index is -0.0775. The normalized spacial score (nSPS) is 15.2. The van der Waals surface area contributed by atoms with Crippen LogP contribution in [0.1, 0.15) is 23.2 Å². The van der Waals surface area contributed by atoms with Crippen LogP contribution in [-0.4, -0.2) is 11.9 Å². The maximum absolute atomic E-state index is 11.7. The zero-order chi connectivity index (χ0) is 10.1. The van der Waals surface area contributed by atoms with E-state index < -0.39 is 0 Å². The summed E-state index contributed by atoms with van der Waals surface area (Å²) in [5, 5.41) is 2.90. The minimum Gasteiger partial charge on any atom is -0.398 e. The number of anilines is 1. The van der Waals surface area contributed by atoms with E-state index in [1.165, 1.54) is 0 Å². The summed E-state index contributed by atoms with van der Waals surface area (Å²) >= 11 is 3.31. The highest BCUT2D eigenvalue weighted by atomic mass is 79.9. The lowest BCUT2D eigenvalue weighted by molar-refractivity contribution is 0.0952. The highest BCUT2D eigenvalue weighted by molar-refractivity contribution is 9.10. The Kier molecular flexibility index (Phi) is 2.46. The van der Waals surface area contributed by atoms with Crippen molar-refractivity contribution in [3.05, 3.63) is 28.2 Å². The van der Waals surface area contributed by atoms with Crippen LogP contribution in [0.3, 0.4) is 0 Å². The molecule has 1 amide bonds. The van der Waals surface area contributed by atoms with Crippen molar-refractivity contribution < 1.29 is 4.79 Å². The van der Waals surface area contributed by atoms with Crippen LogP contribution in [0, 0.1) is 0 Å². The molecule has 14 heavy (non-hydrogen) atoms. The first-order chi connectivity index (χ1) is 6.66. The van der Waals surface area contributed by atoms with Crippen molar-refractivity contribution in [2.75, 3.05) is 5.73 Å². The molecule has 1 aliphatic rings. The Balaban J connectivity index is 2.20. The molecule has 0 spiro atoms. The van der Waals surface area contributed by atoms with E-state index in [9.17, 15) is 4.79 Å². The Bertz CT molecular complexity index is 374.